The van der Waals surface area contributed by atoms with E-state index < -0.39 is 0 Å². The highest BCUT2D eigenvalue weighted by atomic mass is 35.5. The van der Waals surface area contributed by atoms with E-state index in [0.29, 0.717) is 17.9 Å². The number of carbonyl (C=O) groups excluding carboxylic acids is 1. The predicted molar refractivity (Wildman–Crippen MR) is 153 cm³/mol. The number of nitrogens with one attached hydrogen (secondary N) is 1. The van der Waals surface area contributed by atoms with Gasteiger partial charge in [0.15, 0.2) is 5.16 Å². The Morgan fingerprint density at radius 3 is 2.58 bits per heavy atom. The number of aryl methyl sites for hydroxylation is 1. The molecule has 5 rings (SSSR count). The Kier molecular flexibility index (Phi) is 8.51. The first-order valence-electron chi connectivity index (χ1n) is 12.7. The zero-order valence-electron chi connectivity index (χ0n) is 21.3. The molecule has 0 bridgehead atoms. The van der Waals surface area contributed by atoms with E-state index in [-0.39, 0.29) is 5.91 Å². The van der Waals surface area contributed by atoms with Crippen molar-refractivity contribution in [3.05, 3.63) is 101 Å². The molecule has 1 aliphatic heterocycles. The number of hydrogen-bond acceptors (Lipinski definition) is 7. The summed E-state index contributed by atoms with van der Waals surface area (Å²) in [7, 11) is 0. The highest BCUT2D eigenvalue weighted by Gasteiger charge is 2.21. The minimum atomic E-state index is -0.129. The first-order chi connectivity index (χ1) is 18.6. The number of benzene rings is 2. The Balaban J connectivity index is 1.21. The molecule has 1 aliphatic rings. The highest BCUT2D eigenvalue weighted by Crippen LogP contribution is 2.28. The van der Waals surface area contributed by atoms with Gasteiger partial charge in [0.2, 0.25) is 0 Å². The van der Waals surface area contributed by atoms with Gasteiger partial charge in [-0.05, 0) is 48.4 Å². The van der Waals surface area contributed by atoms with Crippen molar-refractivity contribution in [2.24, 2.45) is 0 Å². The maximum Gasteiger partial charge on any atom is 0.251 e. The Morgan fingerprint density at radius 1 is 1.00 bits per heavy atom. The minimum absolute atomic E-state index is 0.129. The van der Waals surface area contributed by atoms with Crippen LogP contribution in [-0.4, -0.2) is 42.1 Å². The number of halogens is 1. The van der Waals surface area contributed by atoms with E-state index in [2.05, 4.69) is 34.2 Å². The molecule has 9 heteroatoms. The van der Waals surface area contributed by atoms with E-state index in [1.54, 1.807) is 24.1 Å². The van der Waals surface area contributed by atoms with E-state index in [1.165, 1.54) is 0 Å². The second kappa shape index (κ2) is 12.4. The van der Waals surface area contributed by atoms with Crippen LogP contribution in [0.4, 0.5) is 11.5 Å². The SMILES string of the molecule is CCc1cc(N2CCN(c3ccccc3Cl)CC2)nc(SCc2cccc(C(=O)NCc3ccco3)c2)n1. The monoisotopic (exact) mass is 547 g/mol. The lowest BCUT2D eigenvalue weighted by molar-refractivity contribution is 0.0948. The number of hydrogen-bond donors (Lipinski definition) is 1. The highest BCUT2D eigenvalue weighted by molar-refractivity contribution is 7.98. The number of furan rings is 1. The summed E-state index contributed by atoms with van der Waals surface area (Å²) in [6, 6.07) is 21.4. The number of anilines is 2. The van der Waals surface area contributed by atoms with Crippen LogP contribution in [0.25, 0.3) is 0 Å². The third kappa shape index (κ3) is 6.49. The topological polar surface area (TPSA) is 74.5 Å². The van der Waals surface area contributed by atoms with Gasteiger partial charge in [0.25, 0.3) is 5.91 Å². The molecule has 38 heavy (non-hydrogen) atoms. The van der Waals surface area contributed by atoms with E-state index in [9.17, 15) is 4.79 Å². The number of piperazine rings is 1. The summed E-state index contributed by atoms with van der Waals surface area (Å²) in [6.07, 6.45) is 2.44. The molecule has 1 N–H and O–H groups in total. The Labute approximate surface area is 232 Å². The van der Waals surface area contributed by atoms with Crippen molar-refractivity contribution in [3.8, 4) is 0 Å². The zero-order valence-corrected chi connectivity index (χ0v) is 22.8. The minimum Gasteiger partial charge on any atom is -0.467 e. The lowest BCUT2D eigenvalue weighted by atomic mass is 10.1. The number of carbonyl (C=O) groups is 1. The van der Waals surface area contributed by atoms with Crippen LogP contribution >= 0.6 is 23.4 Å². The number of para-hydroxylation sites is 1. The molecule has 0 radical (unpaired) electrons. The fraction of sp³-hybridized carbons (Fsp3) is 0.276. The number of thioether (sulfide) groups is 1. The number of aromatic nitrogens is 2. The summed E-state index contributed by atoms with van der Waals surface area (Å²) in [6.45, 7) is 5.97. The van der Waals surface area contributed by atoms with Gasteiger partial charge in [0.05, 0.1) is 23.5 Å². The summed E-state index contributed by atoms with van der Waals surface area (Å²) >= 11 is 8.00. The van der Waals surface area contributed by atoms with Gasteiger partial charge in [0, 0.05) is 49.3 Å². The largest absolute Gasteiger partial charge is 0.467 e. The number of nitrogens with zero attached hydrogens (tertiary/aromatic N) is 4. The van der Waals surface area contributed by atoms with Crippen molar-refractivity contribution in [2.75, 3.05) is 36.0 Å². The van der Waals surface area contributed by atoms with Crippen molar-refractivity contribution < 1.29 is 9.21 Å². The van der Waals surface area contributed by atoms with Crippen molar-refractivity contribution in [3.63, 3.8) is 0 Å². The van der Waals surface area contributed by atoms with Crippen LogP contribution in [0.15, 0.2) is 82.6 Å². The molecule has 0 spiro atoms. The maximum atomic E-state index is 12.6. The van der Waals surface area contributed by atoms with Crippen molar-refractivity contribution in [1.29, 1.82) is 0 Å². The number of amides is 1. The first-order valence-corrected chi connectivity index (χ1v) is 14.1. The van der Waals surface area contributed by atoms with Crippen LogP contribution < -0.4 is 15.1 Å². The second-order valence-electron chi connectivity index (χ2n) is 9.03. The Bertz CT molecular complexity index is 1370. The first kappa shape index (κ1) is 26.1. The molecule has 0 unspecified atom stereocenters. The summed E-state index contributed by atoms with van der Waals surface area (Å²) in [5.41, 5.74) is 3.77. The zero-order chi connectivity index (χ0) is 26.3. The molecule has 3 heterocycles. The van der Waals surface area contributed by atoms with Gasteiger partial charge in [-0.25, -0.2) is 9.97 Å². The van der Waals surface area contributed by atoms with Crippen LogP contribution in [0.2, 0.25) is 5.02 Å². The van der Waals surface area contributed by atoms with Gasteiger partial charge >= 0.3 is 0 Å². The van der Waals surface area contributed by atoms with Gasteiger partial charge in [-0.3, -0.25) is 4.79 Å². The molecule has 2 aromatic heterocycles. The summed E-state index contributed by atoms with van der Waals surface area (Å²) in [4.78, 5) is 26.9. The van der Waals surface area contributed by atoms with E-state index in [4.69, 9.17) is 26.0 Å². The fourth-order valence-corrected chi connectivity index (χ4v) is 5.46. The van der Waals surface area contributed by atoms with Gasteiger partial charge in [-0.15, -0.1) is 0 Å². The van der Waals surface area contributed by atoms with Crippen LogP contribution in [0.3, 0.4) is 0 Å². The van der Waals surface area contributed by atoms with Crippen molar-refractivity contribution in [1.82, 2.24) is 15.3 Å². The quantitative estimate of drug-likeness (QED) is 0.208. The predicted octanol–water partition coefficient (Wildman–Crippen LogP) is 5.83. The van der Waals surface area contributed by atoms with Crippen LogP contribution in [0, 0.1) is 0 Å². The molecule has 0 aliphatic carbocycles. The average Bonchev–Trinajstić information content (AvgIpc) is 3.49. The number of rotatable bonds is 9. The molecule has 1 saturated heterocycles. The molecular weight excluding hydrogens is 518 g/mol. The molecule has 196 valence electrons. The lowest BCUT2D eigenvalue weighted by Crippen LogP contribution is -2.47. The molecule has 1 fully saturated rings. The van der Waals surface area contributed by atoms with Crippen molar-refractivity contribution >= 4 is 40.8 Å². The maximum absolute atomic E-state index is 12.6. The molecular formula is C29H30ClN5O2S. The van der Waals surface area contributed by atoms with Crippen molar-refractivity contribution in [2.45, 2.75) is 30.8 Å². The summed E-state index contributed by atoms with van der Waals surface area (Å²) in [5, 5.41) is 4.43. The van der Waals surface area contributed by atoms with Crippen LogP contribution in [0.5, 0.6) is 0 Å². The van der Waals surface area contributed by atoms with Crippen LogP contribution in [-0.2, 0) is 18.7 Å². The average molecular weight is 548 g/mol. The smallest absolute Gasteiger partial charge is 0.251 e. The summed E-state index contributed by atoms with van der Waals surface area (Å²) < 4.78 is 5.29. The molecule has 4 aromatic rings. The van der Waals surface area contributed by atoms with Gasteiger partial charge in [0.1, 0.15) is 11.6 Å². The van der Waals surface area contributed by atoms with E-state index >= 15 is 0 Å². The second-order valence-corrected chi connectivity index (χ2v) is 10.4. The van der Waals surface area contributed by atoms with Gasteiger partial charge in [-0.2, -0.15) is 0 Å². The van der Waals surface area contributed by atoms with E-state index in [0.717, 1.165) is 71.3 Å². The third-order valence-corrected chi connectivity index (χ3v) is 7.70. The third-order valence-electron chi connectivity index (χ3n) is 6.46. The standard InChI is InChI=1S/C29H30ClN5O2S/c1-2-23-18-27(35-14-12-34(13-15-35)26-11-4-3-10-25(26)30)33-29(32-23)38-20-21-7-5-8-22(17-21)28(36)31-19-24-9-6-16-37-24/h3-11,16-18H,2,12-15,19-20H2,1H3,(H,31,36). The molecule has 0 atom stereocenters. The van der Waals surface area contributed by atoms with Gasteiger partial charge < -0.3 is 19.5 Å². The Hall–Kier alpha value is -3.49. The normalized spacial score (nSPS) is 13.5. The lowest BCUT2D eigenvalue weighted by Gasteiger charge is -2.37. The molecule has 0 saturated carbocycles. The Morgan fingerprint density at radius 2 is 1.82 bits per heavy atom. The fourth-order valence-electron chi connectivity index (χ4n) is 4.38. The molecule has 7 nitrogen and oxygen atoms in total. The molecule has 1 amide bonds. The van der Waals surface area contributed by atoms with Crippen LogP contribution in [0.1, 0.15) is 34.3 Å². The van der Waals surface area contributed by atoms with E-state index in [1.807, 2.05) is 48.5 Å². The molecule has 2 aromatic carbocycles. The summed E-state index contributed by atoms with van der Waals surface area (Å²) in [5.74, 6) is 2.23. The van der Waals surface area contributed by atoms with Gasteiger partial charge in [-0.1, -0.05) is 54.6 Å².